The van der Waals surface area contributed by atoms with Crippen LogP contribution in [0.25, 0.3) is 16.4 Å². The fourth-order valence-corrected chi connectivity index (χ4v) is 5.74. The molecule has 0 spiro atoms. The first-order valence-corrected chi connectivity index (χ1v) is 12.1. The van der Waals surface area contributed by atoms with Crippen LogP contribution in [0.1, 0.15) is 5.69 Å². The van der Waals surface area contributed by atoms with Crippen molar-refractivity contribution in [1.82, 2.24) is 18.6 Å². The van der Waals surface area contributed by atoms with Gasteiger partial charge in [-0.05, 0) is 51.0 Å². The number of hydrogen-bond donors (Lipinski definition) is 0. The highest BCUT2D eigenvalue weighted by atomic mass is 79.9. The number of imidazole rings is 1. The van der Waals surface area contributed by atoms with E-state index < -0.39 is 10.0 Å². The van der Waals surface area contributed by atoms with E-state index in [9.17, 15) is 8.42 Å². The van der Waals surface area contributed by atoms with Crippen LogP contribution < -0.4 is 0 Å². The van der Waals surface area contributed by atoms with Crippen LogP contribution in [0.2, 0.25) is 0 Å². The quantitative estimate of drug-likeness (QED) is 0.442. The summed E-state index contributed by atoms with van der Waals surface area (Å²) >= 11 is 3.48. The van der Waals surface area contributed by atoms with Gasteiger partial charge in [-0.1, -0.05) is 30.3 Å². The Bertz CT molecular complexity index is 1330. The SMILES string of the molecule is O=S(=O)(c1ccc2ccccc2c1)N1CCN(Cc2cn3cc(Br)ccc3n2)CC1. The summed E-state index contributed by atoms with van der Waals surface area (Å²) in [5.74, 6) is 0. The summed E-state index contributed by atoms with van der Waals surface area (Å²) in [5.41, 5.74) is 1.89. The largest absolute Gasteiger partial charge is 0.306 e. The van der Waals surface area contributed by atoms with Crippen LogP contribution in [0.15, 0.2) is 76.4 Å². The molecular formula is C22H21BrN4O2S. The van der Waals surface area contributed by atoms with Crippen LogP contribution >= 0.6 is 15.9 Å². The number of aromatic nitrogens is 2. The first kappa shape index (κ1) is 19.7. The number of sulfonamides is 1. The van der Waals surface area contributed by atoms with Gasteiger partial charge in [0.05, 0.1) is 10.6 Å². The molecule has 5 rings (SSSR count). The number of hydrogen-bond acceptors (Lipinski definition) is 4. The van der Waals surface area contributed by atoms with Gasteiger partial charge in [-0.15, -0.1) is 0 Å². The standard InChI is InChI=1S/C22H21BrN4O2S/c23-19-6-8-22-24-20(16-26(22)14-19)15-25-9-11-27(12-10-25)30(28,29)21-7-5-17-3-1-2-4-18(17)13-21/h1-8,13-14,16H,9-12,15H2. The van der Waals surface area contributed by atoms with Crippen molar-refractivity contribution in [2.45, 2.75) is 11.4 Å². The van der Waals surface area contributed by atoms with E-state index in [4.69, 9.17) is 0 Å². The number of pyridine rings is 1. The summed E-state index contributed by atoms with van der Waals surface area (Å²) < 4.78 is 30.9. The number of fused-ring (bicyclic) bond motifs is 2. The van der Waals surface area contributed by atoms with Crippen molar-refractivity contribution in [3.05, 3.63) is 77.2 Å². The molecule has 2 aromatic carbocycles. The molecule has 0 N–H and O–H groups in total. The summed E-state index contributed by atoms with van der Waals surface area (Å²) in [6.45, 7) is 3.04. The van der Waals surface area contributed by atoms with Crippen LogP contribution in [0, 0.1) is 0 Å². The molecule has 4 aromatic rings. The average Bonchev–Trinajstić information content (AvgIpc) is 3.15. The molecular weight excluding hydrogens is 464 g/mol. The Hall–Kier alpha value is -2.26. The third kappa shape index (κ3) is 3.76. The van der Waals surface area contributed by atoms with E-state index >= 15 is 0 Å². The Balaban J connectivity index is 1.28. The zero-order valence-corrected chi connectivity index (χ0v) is 18.7. The topological polar surface area (TPSA) is 57.9 Å². The summed E-state index contributed by atoms with van der Waals surface area (Å²) in [6, 6.07) is 17.1. The van der Waals surface area contributed by atoms with Gasteiger partial charge in [0.15, 0.2) is 0 Å². The maximum atomic E-state index is 13.1. The van der Waals surface area contributed by atoms with Crippen LogP contribution in [0.3, 0.4) is 0 Å². The molecule has 6 nitrogen and oxygen atoms in total. The molecule has 0 bridgehead atoms. The molecule has 1 aliphatic heterocycles. The molecule has 0 saturated carbocycles. The van der Waals surface area contributed by atoms with E-state index in [0.29, 0.717) is 37.6 Å². The lowest BCUT2D eigenvalue weighted by molar-refractivity contribution is 0.180. The smallest absolute Gasteiger partial charge is 0.243 e. The van der Waals surface area contributed by atoms with E-state index in [1.54, 1.807) is 16.4 Å². The van der Waals surface area contributed by atoms with Crippen LogP contribution in [-0.4, -0.2) is 53.2 Å². The molecule has 0 aliphatic carbocycles. The lowest BCUT2D eigenvalue weighted by Gasteiger charge is -2.33. The van der Waals surface area contributed by atoms with E-state index in [-0.39, 0.29) is 0 Å². The highest BCUT2D eigenvalue weighted by molar-refractivity contribution is 9.10. The van der Waals surface area contributed by atoms with E-state index in [2.05, 4.69) is 25.8 Å². The van der Waals surface area contributed by atoms with Gasteiger partial charge in [-0.2, -0.15) is 4.31 Å². The maximum absolute atomic E-state index is 13.1. The van der Waals surface area contributed by atoms with Crippen molar-refractivity contribution in [3.8, 4) is 0 Å². The molecule has 30 heavy (non-hydrogen) atoms. The van der Waals surface area contributed by atoms with Crippen molar-refractivity contribution in [2.24, 2.45) is 0 Å². The first-order valence-electron chi connectivity index (χ1n) is 9.83. The fraction of sp³-hybridized carbons (Fsp3) is 0.227. The Morgan fingerprint density at radius 1 is 0.900 bits per heavy atom. The second kappa shape index (κ2) is 7.77. The maximum Gasteiger partial charge on any atom is 0.243 e. The van der Waals surface area contributed by atoms with Gasteiger partial charge in [-0.25, -0.2) is 13.4 Å². The second-order valence-electron chi connectivity index (χ2n) is 7.53. The number of rotatable bonds is 4. The molecule has 1 fully saturated rings. The highest BCUT2D eigenvalue weighted by Gasteiger charge is 2.28. The molecule has 0 atom stereocenters. The van der Waals surface area contributed by atoms with Gasteiger partial charge >= 0.3 is 0 Å². The van der Waals surface area contributed by atoms with Gasteiger partial charge in [-0.3, -0.25) is 4.90 Å². The molecule has 1 aliphatic rings. The van der Waals surface area contributed by atoms with Crippen molar-refractivity contribution in [2.75, 3.05) is 26.2 Å². The van der Waals surface area contributed by atoms with Crippen molar-refractivity contribution < 1.29 is 8.42 Å². The van der Waals surface area contributed by atoms with Crippen molar-refractivity contribution >= 4 is 42.4 Å². The Morgan fingerprint density at radius 3 is 2.47 bits per heavy atom. The Morgan fingerprint density at radius 2 is 1.67 bits per heavy atom. The predicted molar refractivity (Wildman–Crippen MR) is 121 cm³/mol. The molecule has 2 aromatic heterocycles. The lowest BCUT2D eigenvalue weighted by atomic mass is 10.1. The average molecular weight is 485 g/mol. The second-order valence-corrected chi connectivity index (χ2v) is 10.4. The molecule has 0 unspecified atom stereocenters. The molecule has 0 amide bonds. The third-order valence-corrected chi connectivity index (χ3v) is 7.90. The predicted octanol–water partition coefficient (Wildman–Crippen LogP) is 3.76. The summed E-state index contributed by atoms with van der Waals surface area (Å²) in [7, 11) is -3.49. The van der Waals surface area contributed by atoms with Gasteiger partial charge in [0.2, 0.25) is 10.0 Å². The van der Waals surface area contributed by atoms with Crippen LogP contribution in [0.5, 0.6) is 0 Å². The summed E-state index contributed by atoms with van der Waals surface area (Å²) in [5, 5.41) is 1.98. The third-order valence-electron chi connectivity index (χ3n) is 5.54. The zero-order valence-electron chi connectivity index (χ0n) is 16.3. The minimum Gasteiger partial charge on any atom is -0.306 e. The monoisotopic (exact) mass is 484 g/mol. The number of halogens is 1. The Kier molecular flexibility index (Phi) is 5.10. The Labute approximate surface area is 183 Å². The van der Waals surface area contributed by atoms with Crippen LogP contribution in [-0.2, 0) is 16.6 Å². The number of piperazine rings is 1. The molecule has 3 heterocycles. The normalized spacial score (nSPS) is 16.4. The molecule has 8 heteroatoms. The van der Waals surface area contributed by atoms with Gasteiger partial charge < -0.3 is 4.40 Å². The van der Waals surface area contributed by atoms with E-state index in [1.165, 1.54) is 0 Å². The summed E-state index contributed by atoms with van der Waals surface area (Å²) in [6.07, 6.45) is 4.01. The number of nitrogens with zero attached hydrogens (tertiary/aromatic N) is 4. The zero-order chi connectivity index (χ0) is 20.7. The highest BCUT2D eigenvalue weighted by Crippen LogP contribution is 2.23. The van der Waals surface area contributed by atoms with Gasteiger partial charge in [0, 0.05) is 49.6 Å². The fourth-order valence-electron chi connectivity index (χ4n) is 3.93. The van der Waals surface area contributed by atoms with E-state index in [1.807, 2.05) is 59.3 Å². The minimum absolute atomic E-state index is 0.362. The summed E-state index contributed by atoms with van der Waals surface area (Å²) in [4.78, 5) is 7.28. The van der Waals surface area contributed by atoms with Gasteiger partial charge in [0.1, 0.15) is 5.65 Å². The van der Waals surface area contributed by atoms with E-state index in [0.717, 1.165) is 26.6 Å². The van der Waals surface area contributed by atoms with Crippen molar-refractivity contribution in [1.29, 1.82) is 0 Å². The lowest BCUT2D eigenvalue weighted by Crippen LogP contribution is -2.48. The van der Waals surface area contributed by atoms with Crippen LogP contribution in [0.4, 0.5) is 0 Å². The van der Waals surface area contributed by atoms with Gasteiger partial charge in [0.25, 0.3) is 0 Å². The first-order chi connectivity index (χ1) is 14.5. The molecule has 0 radical (unpaired) electrons. The molecule has 1 saturated heterocycles. The van der Waals surface area contributed by atoms with Crippen molar-refractivity contribution in [3.63, 3.8) is 0 Å². The molecule has 154 valence electrons. The minimum atomic E-state index is -3.49. The number of benzene rings is 2.